The minimum absolute atomic E-state index is 0.0411. The Morgan fingerprint density at radius 3 is 2.51 bits per heavy atom. The molecule has 1 aliphatic rings. The van der Waals surface area contributed by atoms with Gasteiger partial charge in [0.05, 0.1) is 17.9 Å². The Hall–Kier alpha value is -4.52. The molecule has 5 rings (SSSR count). The standard InChI is InChI=1S/C28H22FN3O3/c1-2-23(22-15-20(29)13-14-25(22)33)30-31-27(34)19-11-9-17(10-12-19)16-32-24-8-4-6-18-5-3-7-21(26(18)24)28(32)35/h3-15,33H,2,16H2,1H3,(H,31,34)/b30-23+. The van der Waals surface area contributed by atoms with Gasteiger partial charge < -0.3 is 10.0 Å². The molecule has 0 atom stereocenters. The van der Waals surface area contributed by atoms with E-state index in [0.717, 1.165) is 28.1 Å². The van der Waals surface area contributed by atoms with E-state index < -0.39 is 11.7 Å². The van der Waals surface area contributed by atoms with Crippen molar-refractivity contribution in [2.75, 3.05) is 4.90 Å². The van der Waals surface area contributed by atoms with Crippen molar-refractivity contribution in [3.63, 3.8) is 0 Å². The van der Waals surface area contributed by atoms with Crippen LogP contribution in [0.25, 0.3) is 10.8 Å². The molecule has 174 valence electrons. The van der Waals surface area contributed by atoms with E-state index >= 15 is 0 Å². The smallest absolute Gasteiger partial charge is 0.271 e. The molecule has 35 heavy (non-hydrogen) atoms. The largest absolute Gasteiger partial charge is 0.507 e. The van der Waals surface area contributed by atoms with Crippen LogP contribution in [-0.2, 0) is 6.54 Å². The molecular formula is C28H22FN3O3. The van der Waals surface area contributed by atoms with Crippen LogP contribution in [0.1, 0.15) is 45.2 Å². The first kappa shape index (κ1) is 22.3. The highest BCUT2D eigenvalue weighted by Gasteiger charge is 2.29. The molecule has 7 heteroatoms. The van der Waals surface area contributed by atoms with Crippen LogP contribution >= 0.6 is 0 Å². The zero-order valence-corrected chi connectivity index (χ0v) is 19.0. The Labute approximate surface area is 201 Å². The number of phenolic OH excluding ortho intramolecular Hbond substituents is 1. The number of anilines is 1. The highest BCUT2D eigenvalue weighted by atomic mass is 19.1. The molecule has 0 unspecified atom stereocenters. The van der Waals surface area contributed by atoms with Gasteiger partial charge in [-0.05, 0) is 59.8 Å². The first-order chi connectivity index (χ1) is 17.0. The van der Waals surface area contributed by atoms with Gasteiger partial charge in [0.25, 0.3) is 11.8 Å². The third-order valence-electron chi connectivity index (χ3n) is 6.10. The summed E-state index contributed by atoms with van der Waals surface area (Å²) in [6.45, 7) is 2.17. The lowest BCUT2D eigenvalue weighted by Gasteiger charge is -2.18. The first-order valence-electron chi connectivity index (χ1n) is 11.2. The molecule has 4 aromatic rings. The molecule has 1 aliphatic heterocycles. The maximum absolute atomic E-state index is 13.6. The van der Waals surface area contributed by atoms with E-state index in [1.165, 1.54) is 12.1 Å². The number of carbonyl (C=O) groups is 2. The molecule has 0 spiro atoms. The van der Waals surface area contributed by atoms with Gasteiger partial charge in [0, 0.05) is 22.1 Å². The molecule has 1 heterocycles. The monoisotopic (exact) mass is 467 g/mol. The second-order valence-corrected chi connectivity index (χ2v) is 8.28. The predicted octanol–water partition coefficient (Wildman–Crippen LogP) is 5.39. The van der Waals surface area contributed by atoms with Crippen LogP contribution in [0.5, 0.6) is 5.75 Å². The summed E-state index contributed by atoms with van der Waals surface area (Å²) in [6.07, 6.45) is 0.384. The number of hydrogen-bond donors (Lipinski definition) is 2. The van der Waals surface area contributed by atoms with Gasteiger partial charge >= 0.3 is 0 Å². The van der Waals surface area contributed by atoms with Crippen molar-refractivity contribution in [2.24, 2.45) is 5.10 Å². The minimum Gasteiger partial charge on any atom is -0.507 e. The third-order valence-corrected chi connectivity index (χ3v) is 6.10. The average molecular weight is 468 g/mol. The van der Waals surface area contributed by atoms with Crippen molar-refractivity contribution in [2.45, 2.75) is 19.9 Å². The van der Waals surface area contributed by atoms with Gasteiger partial charge in [-0.15, -0.1) is 0 Å². The van der Waals surface area contributed by atoms with Gasteiger partial charge in [0.1, 0.15) is 11.6 Å². The Kier molecular flexibility index (Phi) is 5.74. The Balaban J connectivity index is 1.31. The van der Waals surface area contributed by atoms with Gasteiger partial charge in [-0.25, -0.2) is 9.82 Å². The van der Waals surface area contributed by atoms with Gasteiger partial charge in [-0.1, -0.05) is 43.3 Å². The Bertz CT molecular complexity index is 1490. The highest BCUT2D eigenvalue weighted by molar-refractivity contribution is 6.24. The molecule has 0 aromatic heterocycles. The van der Waals surface area contributed by atoms with E-state index in [2.05, 4.69) is 10.5 Å². The number of rotatable bonds is 6. The Morgan fingerprint density at radius 2 is 1.77 bits per heavy atom. The lowest BCUT2D eigenvalue weighted by molar-refractivity contribution is 0.0953. The summed E-state index contributed by atoms with van der Waals surface area (Å²) in [5.74, 6) is -1.09. The predicted molar refractivity (Wildman–Crippen MR) is 133 cm³/mol. The van der Waals surface area contributed by atoms with Crippen molar-refractivity contribution < 1.29 is 19.1 Å². The first-order valence-corrected chi connectivity index (χ1v) is 11.2. The normalized spacial score (nSPS) is 12.9. The minimum atomic E-state index is -0.503. The van der Waals surface area contributed by atoms with E-state index in [1.54, 1.807) is 36.1 Å². The van der Waals surface area contributed by atoms with Gasteiger partial charge in [0.2, 0.25) is 0 Å². The number of nitrogens with zero attached hydrogens (tertiary/aromatic N) is 2. The third kappa shape index (κ3) is 4.12. The molecular weight excluding hydrogens is 445 g/mol. The second-order valence-electron chi connectivity index (χ2n) is 8.28. The fourth-order valence-corrected chi connectivity index (χ4v) is 4.33. The van der Waals surface area contributed by atoms with Crippen LogP contribution in [-0.4, -0.2) is 22.6 Å². The lowest BCUT2D eigenvalue weighted by Crippen LogP contribution is -2.26. The number of halogens is 1. The van der Waals surface area contributed by atoms with Crippen molar-refractivity contribution in [3.8, 4) is 5.75 Å². The summed E-state index contributed by atoms with van der Waals surface area (Å²) in [5, 5.41) is 16.1. The van der Waals surface area contributed by atoms with Crippen molar-refractivity contribution in [1.82, 2.24) is 5.43 Å². The lowest BCUT2D eigenvalue weighted by atomic mass is 10.1. The van der Waals surface area contributed by atoms with Crippen molar-refractivity contribution >= 4 is 34.0 Å². The fraction of sp³-hybridized carbons (Fsp3) is 0.107. The molecule has 0 saturated carbocycles. The van der Waals surface area contributed by atoms with E-state index in [0.29, 0.717) is 29.8 Å². The fourth-order valence-electron chi connectivity index (χ4n) is 4.33. The number of amides is 2. The van der Waals surface area contributed by atoms with Crippen LogP contribution < -0.4 is 10.3 Å². The molecule has 2 N–H and O–H groups in total. The van der Waals surface area contributed by atoms with Crippen LogP contribution in [0.3, 0.4) is 0 Å². The molecule has 6 nitrogen and oxygen atoms in total. The summed E-state index contributed by atoms with van der Waals surface area (Å²) in [7, 11) is 0. The SMILES string of the molecule is CC/C(=N\NC(=O)c1ccc(CN2C(=O)c3cccc4cccc2c34)cc1)c1cc(F)ccc1O. The molecule has 0 fully saturated rings. The Morgan fingerprint density at radius 1 is 1.03 bits per heavy atom. The van der Waals surface area contributed by atoms with Crippen LogP contribution in [0.15, 0.2) is 84.0 Å². The van der Waals surface area contributed by atoms with Crippen LogP contribution in [0.4, 0.5) is 10.1 Å². The van der Waals surface area contributed by atoms with E-state index in [1.807, 2.05) is 36.4 Å². The van der Waals surface area contributed by atoms with Gasteiger partial charge in [-0.2, -0.15) is 5.10 Å². The molecule has 2 amide bonds. The topological polar surface area (TPSA) is 82.0 Å². The molecule has 0 aliphatic carbocycles. The average Bonchev–Trinajstić information content (AvgIpc) is 3.14. The second kappa shape index (κ2) is 9.02. The van der Waals surface area contributed by atoms with Gasteiger partial charge in [0.15, 0.2) is 0 Å². The number of nitrogens with one attached hydrogen (secondary N) is 1. The highest BCUT2D eigenvalue weighted by Crippen LogP contribution is 2.38. The number of hydrazone groups is 1. The zero-order chi connectivity index (χ0) is 24.5. The number of benzene rings is 4. The van der Waals surface area contributed by atoms with Crippen LogP contribution in [0.2, 0.25) is 0 Å². The number of carbonyl (C=O) groups excluding carboxylic acids is 2. The van der Waals surface area contributed by atoms with Gasteiger partial charge in [-0.3, -0.25) is 9.59 Å². The van der Waals surface area contributed by atoms with E-state index in [-0.39, 0.29) is 17.2 Å². The maximum Gasteiger partial charge on any atom is 0.271 e. The van der Waals surface area contributed by atoms with Crippen molar-refractivity contribution in [3.05, 3.63) is 107 Å². The summed E-state index contributed by atoms with van der Waals surface area (Å²) < 4.78 is 13.6. The zero-order valence-electron chi connectivity index (χ0n) is 19.0. The summed E-state index contributed by atoms with van der Waals surface area (Å²) >= 11 is 0. The summed E-state index contributed by atoms with van der Waals surface area (Å²) in [5.41, 5.74) is 5.90. The summed E-state index contributed by atoms with van der Waals surface area (Å²) in [4.78, 5) is 27.4. The molecule has 0 saturated heterocycles. The van der Waals surface area contributed by atoms with Crippen LogP contribution in [0, 0.1) is 5.82 Å². The molecule has 0 bridgehead atoms. The maximum atomic E-state index is 13.6. The van der Waals surface area contributed by atoms with Crippen molar-refractivity contribution in [1.29, 1.82) is 0 Å². The number of aromatic hydroxyl groups is 1. The molecule has 0 radical (unpaired) electrons. The molecule has 4 aromatic carbocycles. The van der Waals surface area contributed by atoms with E-state index in [9.17, 15) is 19.1 Å². The summed E-state index contributed by atoms with van der Waals surface area (Å²) in [6, 6.07) is 22.1. The quantitative estimate of drug-likeness (QED) is 0.295. The number of phenols is 1. The number of hydrogen-bond acceptors (Lipinski definition) is 4. The van der Waals surface area contributed by atoms with E-state index in [4.69, 9.17) is 0 Å².